The summed E-state index contributed by atoms with van der Waals surface area (Å²) >= 11 is 12.9. The molecule has 0 saturated carbocycles. The van der Waals surface area contributed by atoms with E-state index < -0.39 is 0 Å². The van der Waals surface area contributed by atoms with Gasteiger partial charge in [0, 0.05) is 16.5 Å². The summed E-state index contributed by atoms with van der Waals surface area (Å²) in [6, 6.07) is 13.6. The van der Waals surface area contributed by atoms with Crippen molar-refractivity contribution in [2.24, 2.45) is 0 Å². The van der Waals surface area contributed by atoms with E-state index in [-0.39, 0.29) is 11.3 Å². The molecule has 0 radical (unpaired) electrons. The number of benzene rings is 2. The molecule has 2 nitrogen and oxygen atoms in total. The maximum atomic E-state index is 6.64. The van der Waals surface area contributed by atoms with Gasteiger partial charge in [0.1, 0.15) is 11.5 Å². The van der Waals surface area contributed by atoms with Gasteiger partial charge in [0.15, 0.2) is 0 Å². The fourth-order valence-electron chi connectivity index (χ4n) is 2.50. The zero-order valence-corrected chi connectivity index (χ0v) is 12.5. The van der Waals surface area contributed by atoms with Crippen LogP contribution >= 0.6 is 23.2 Å². The van der Waals surface area contributed by atoms with E-state index in [1.54, 1.807) is 13.2 Å². The highest BCUT2D eigenvalue weighted by Crippen LogP contribution is 2.46. The number of alkyl halides is 1. The molecule has 0 aliphatic carbocycles. The number of rotatable bonds is 3. The van der Waals surface area contributed by atoms with Gasteiger partial charge < -0.3 is 9.47 Å². The van der Waals surface area contributed by atoms with Crippen LogP contribution in [0.3, 0.4) is 0 Å². The maximum Gasteiger partial charge on any atom is 0.122 e. The van der Waals surface area contributed by atoms with Crippen molar-refractivity contribution >= 4 is 23.2 Å². The molecule has 3 rings (SSSR count). The highest BCUT2D eigenvalue weighted by Gasteiger charge is 2.32. The van der Waals surface area contributed by atoms with Crippen LogP contribution < -0.4 is 9.47 Å². The van der Waals surface area contributed by atoms with Gasteiger partial charge in [-0.05, 0) is 23.8 Å². The summed E-state index contributed by atoms with van der Waals surface area (Å²) in [5, 5.41) is 0.394. The smallest absolute Gasteiger partial charge is 0.122 e. The van der Waals surface area contributed by atoms with Gasteiger partial charge in [-0.25, -0.2) is 0 Å². The fourth-order valence-corrected chi connectivity index (χ4v) is 3.25. The lowest BCUT2D eigenvalue weighted by Crippen LogP contribution is -2.08. The first kappa shape index (κ1) is 13.6. The molecule has 0 bridgehead atoms. The third-order valence-corrected chi connectivity index (χ3v) is 4.46. The highest BCUT2D eigenvalue weighted by molar-refractivity contribution is 6.33. The standard InChI is InChI=1S/C16H14Cl2O2/c1-19-10-6-7-12(14(17)8-10)16(18)13-9-20-15-5-3-2-4-11(13)15/h2-8,13,16H,9H2,1H3. The van der Waals surface area contributed by atoms with Crippen LogP contribution in [-0.4, -0.2) is 13.7 Å². The molecule has 0 amide bonds. The number of hydrogen-bond acceptors (Lipinski definition) is 2. The van der Waals surface area contributed by atoms with Gasteiger partial charge in [0.25, 0.3) is 0 Å². The van der Waals surface area contributed by atoms with Gasteiger partial charge in [-0.2, -0.15) is 0 Å². The minimum Gasteiger partial charge on any atom is -0.497 e. The van der Waals surface area contributed by atoms with Crippen LogP contribution in [0.5, 0.6) is 11.5 Å². The molecule has 20 heavy (non-hydrogen) atoms. The van der Waals surface area contributed by atoms with E-state index in [0.717, 1.165) is 22.6 Å². The van der Waals surface area contributed by atoms with Crippen LogP contribution in [0.4, 0.5) is 0 Å². The molecule has 0 fully saturated rings. The zero-order chi connectivity index (χ0) is 14.1. The van der Waals surface area contributed by atoms with E-state index in [4.69, 9.17) is 32.7 Å². The molecule has 0 saturated heterocycles. The van der Waals surface area contributed by atoms with Crippen LogP contribution in [0.2, 0.25) is 5.02 Å². The van der Waals surface area contributed by atoms with Crippen molar-refractivity contribution in [2.45, 2.75) is 11.3 Å². The van der Waals surface area contributed by atoms with Crippen LogP contribution in [0.1, 0.15) is 22.4 Å². The molecular formula is C16H14Cl2O2. The van der Waals surface area contributed by atoms with Crippen molar-refractivity contribution in [1.82, 2.24) is 0 Å². The summed E-state index contributed by atoms with van der Waals surface area (Å²) in [6.07, 6.45) is 0. The first-order chi connectivity index (χ1) is 9.70. The van der Waals surface area contributed by atoms with Crippen LogP contribution in [0.25, 0.3) is 0 Å². The lowest BCUT2D eigenvalue weighted by molar-refractivity contribution is 0.328. The Balaban J connectivity index is 1.92. The molecule has 4 heteroatoms. The Morgan fingerprint density at radius 3 is 2.80 bits per heavy atom. The largest absolute Gasteiger partial charge is 0.497 e. The van der Waals surface area contributed by atoms with Gasteiger partial charge in [-0.1, -0.05) is 35.9 Å². The molecule has 1 aliphatic heterocycles. The van der Waals surface area contributed by atoms with E-state index in [1.165, 1.54) is 0 Å². The molecule has 104 valence electrons. The predicted octanol–water partition coefficient (Wildman–Crippen LogP) is 4.80. The highest BCUT2D eigenvalue weighted by atomic mass is 35.5. The summed E-state index contributed by atoms with van der Waals surface area (Å²) in [4.78, 5) is 0. The van der Waals surface area contributed by atoms with E-state index >= 15 is 0 Å². The lowest BCUT2D eigenvalue weighted by Gasteiger charge is -2.18. The molecular weight excluding hydrogens is 295 g/mol. The van der Waals surface area contributed by atoms with Crippen LogP contribution in [0, 0.1) is 0 Å². The Morgan fingerprint density at radius 1 is 1.25 bits per heavy atom. The Bertz CT molecular complexity index is 628. The molecule has 1 heterocycles. The van der Waals surface area contributed by atoms with Crippen LogP contribution in [0.15, 0.2) is 42.5 Å². The van der Waals surface area contributed by atoms with E-state index in [2.05, 4.69) is 6.07 Å². The van der Waals surface area contributed by atoms with Gasteiger partial charge >= 0.3 is 0 Å². The molecule has 0 aromatic heterocycles. The van der Waals surface area contributed by atoms with E-state index in [9.17, 15) is 0 Å². The number of fused-ring (bicyclic) bond motifs is 1. The van der Waals surface area contributed by atoms with E-state index in [1.807, 2.05) is 30.3 Å². The average Bonchev–Trinajstić information content (AvgIpc) is 2.90. The third-order valence-electron chi connectivity index (χ3n) is 3.59. The number of ether oxygens (including phenoxy) is 2. The van der Waals surface area contributed by atoms with Crippen molar-refractivity contribution in [1.29, 1.82) is 0 Å². The molecule has 2 aromatic rings. The minimum absolute atomic E-state index is 0.110. The van der Waals surface area contributed by atoms with Crippen molar-refractivity contribution in [2.75, 3.05) is 13.7 Å². The summed E-state index contributed by atoms with van der Waals surface area (Å²) in [5.74, 6) is 1.75. The minimum atomic E-state index is -0.225. The second-order valence-corrected chi connectivity index (χ2v) is 5.62. The van der Waals surface area contributed by atoms with Crippen LogP contribution in [-0.2, 0) is 0 Å². The Labute approximate surface area is 128 Å². The Kier molecular flexibility index (Phi) is 3.77. The predicted molar refractivity (Wildman–Crippen MR) is 81.3 cm³/mol. The van der Waals surface area contributed by atoms with Crippen molar-refractivity contribution in [3.8, 4) is 11.5 Å². The summed E-state index contributed by atoms with van der Waals surface area (Å²) in [6.45, 7) is 0.579. The lowest BCUT2D eigenvalue weighted by atomic mass is 9.93. The normalized spacial score (nSPS) is 18.2. The second kappa shape index (κ2) is 5.55. The molecule has 1 aliphatic rings. The summed E-state index contributed by atoms with van der Waals surface area (Å²) in [7, 11) is 1.62. The van der Waals surface area contributed by atoms with Gasteiger partial charge in [-0.3, -0.25) is 0 Å². The number of para-hydroxylation sites is 1. The van der Waals surface area contributed by atoms with Crippen molar-refractivity contribution < 1.29 is 9.47 Å². The second-order valence-electron chi connectivity index (χ2n) is 4.74. The van der Waals surface area contributed by atoms with Crippen molar-refractivity contribution in [3.63, 3.8) is 0 Å². The zero-order valence-electron chi connectivity index (χ0n) is 11.0. The molecule has 2 unspecified atom stereocenters. The van der Waals surface area contributed by atoms with Crippen molar-refractivity contribution in [3.05, 3.63) is 58.6 Å². The average molecular weight is 309 g/mol. The number of halogens is 2. The van der Waals surface area contributed by atoms with Gasteiger partial charge in [0.2, 0.25) is 0 Å². The number of hydrogen-bond donors (Lipinski definition) is 0. The van der Waals surface area contributed by atoms with Gasteiger partial charge in [-0.15, -0.1) is 11.6 Å². The fraction of sp³-hybridized carbons (Fsp3) is 0.250. The summed E-state index contributed by atoms with van der Waals surface area (Å²) < 4.78 is 10.8. The molecule has 2 aromatic carbocycles. The SMILES string of the molecule is COc1ccc(C(Cl)C2COc3ccccc32)c(Cl)c1. The van der Waals surface area contributed by atoms with E-state index in [0.29, 0.717) is 11.6 Å². The summed E-state index contributed by atoms with van der Waals surface area (Å²) in [5.41, 5.74) is 2.04. The van der Waals surface area contributed by atoms with Gasteiger partial charge in [0.05, 0.1) is 19.1 Å². The molecule has 0 N–H and O–H groups in total. The Morgan fingerprint density at radius 2 is 2.05 bits per heavy atom. The monoisotopic (exact) mass is 308 g/mol. The Hall–Kier alpha value is -1.38. The maximum absolute atomic E-state index is 6.64. The first-order valence-corrected chi connectivity index (χ1v) is 7.21. The first-order valence-electron chi connectivity index (χ1n) is 6.40. The third kappa shape index (κ3) is 2.34. The molecule has 2 atom stereocenters. The quantitative estimate of drug-likeness (QED) is 0.758. The topological polar surface area (TPSA) is 18.5 Å². The molecule has 0 spiro atoms. The number of methoxy groups -OCH3 is 1.